The second kappa shape index (κ2) is 10.7. The molecular weight excluding hydrogens is 407 g/mol. The van der Waals surface area contributed by atoms with Crippen LogP contribution >= 0.6 is 23.2 Å². The number of amides is 2. The number of anilines is 1. The van der Waals surface area contributed by atoms with Crippen LogP contribution in [0.25, 0.3) is 0 Å². The number of piperazine rings is 1. The van der Waals surface area contributed by atoms with Crippen LogP contribution in [-0.4, -0.2) is 55.7 Å². The Morgan fingerprint density at radius 1 is 1.10 bits per heavy atom. The van der Waals surface area contributed by atoms with Crippen LogP contribution < -0.4 is 15.5 Å². The topological polar surface area (TPSA) is 47.6 Å². The highest BCUT2D eigenvalue weighted by molar-refractivity contribution is 6.43. The summed E-state index contributed by atoms with van der Waals surface area (Å²) in [4.78, 5) is 16.8. The van der Waals surface area contributed by atoms with Gasteiger partial charge in [0, 0.05) is 38.3 Å². The maximum absolute atomic E-state index is 11.9. The van der Waals surface area contributed by atoms with Gasteiger partial charge < -0.3 is 15.5 Å². The molecule has 1 aromatic carbocycles. The first-order valence-corrected chi connectivity index (χ1v) is 11.7. The zero-order valence-electron chi connectivity index (χ0n) is 17.6. The van der Waals surface area contributed by atoms with Crippen molar-refractivity contribution < 1.29 is 4.79 Å². The summed E-state index contributed by atoms with van der Waals surface area (Å²) < 4.78 is 0. The maximum atomic E-state index is 11.9. The van der Waals surface area contributed by atoms with Gasteiger partial charge in [-0.3, -0.25) is 4.90 Å². The Morgan fingerprint density at radius 2 is 1.79 bits per heavy atom. The van der Waals surface area contributed by atoms with Gasteiger partial charge in [-0.1, -0.05) is 29.3 Å². The first-order chi connectivity index (χ1) is 13.9. The largest absolute Gasteiger partial charge is 0.368 e. The van der Waals surface area contributed by atoms with E-state index in [1.54, 1.807) is 0 Å². The second-order valence-corrected chi connectivity index (χ2v) is 9.47. The summed E-state index contributed by atoms with van der Waals surface area (Å²) in [7, 11) is 0. The van der Waals surface area contributed by atoms with Crippen LogP contribution in [0.3, 0.4) is 0 Å². The van der Waals surface area contributed by atoms with Crippen molar-refractivity contribution in [3.8, 4) is 0 Å². The van der Waals surface area contributed by atoms with Gasteiger partial charge in [0.05, 0.1) is 15.7 Å². The highest BCUT2D eigenvalue weighted by Gasteiger charge is 2.24. The quantitative estimate of drug-likeness (QED) is 0.669. The van der Waals surface area contributed by atoms with Gasteiger partial charge in [-0.25, -0.2) is 4.79 Å². The van der Waals surface area contributed by atoms with Gasteiger partial charge in [0.15, 0.2) is 0 Å². The predicted molar refractivity (Wildman–Crippen MR) is 122 cm³/mol. The Morgan fingerprint density at radius 3 is 2.45 bits per heavy atom. The number of hydrogen-bond donors (Lipinski definition) is 2. The van der Waals surface area contributed by atoms with Crippen molar-refractivity contribution in [1.29, 1.82) is 0 Å². The van der Waals surface area contributed by atoms with Crippen LogP contribution in [0, 0.1) is 5.92 Å². The van der Waals surface area contributed by atoms with E-state index in [4.69, 9.17) is 23.2 Å². The van der Waals surface area contributed by atoms with E-state index in [1.165, 1.54) is 19.3 Å². The second-order valence-electron chi connectivity index (χ2n) is 8.68. The number of halogens is 2. The minimum absolute atomic E-state index is 0.0267. The third kappa shape index (κ3) is 6.66. The number of rotatable bonds is 6. The van der Waals surface area contributed by atoms with Crippen LogP contribution in [0.2, 0.25) is 10.0 Å². The fourth-order valence-corrected chi connectivity index (χ4v) is 4.81. The number of hydrogen-bond acceptors (Lipinski definition) is 3. The average molecular weight is 441 g/mol. The summed E-state index contributed by atoms with van der Waals surface area (Å²) in [5.74, 6) is 0.779. The molecule has 0 radical (unpaired) electrons. The number of urea groups is 1. The highest BCUT2D eigenvalue weighted by Crippen LogP contribution is 2.33. The van der Waals surface area contributed by atoms with Gasteiger partial charge in [0.2, 0.25) is 0 Å². The molecule has 1 aliphatic carbocycles. The molecule has 1 saturated heterocycles. The lowest BCUT2D eigenvalue weighted by molar-refractivity contribution is 0.204. The summed E-state index contributed by atoms with van der Waals surface area (Å²) in [6, 6.07) is 6.34. The third-order valence-corrected chi connectivity index (χ3v) is 6.91. The van der Waals surface area contributed by atoms with Gasteiger partial charge in [-0.15, -0.1) is 0 Å². The lowest BCUT2D eigenvalue weighted by Gasteiger charge is -2.37. The van der Waals surface area contributed by atoms with Gasteiger partial charge in [0.1, 0.15) is 0 Å². The highest BCUT2D eigenvalue weighted by atomic mass is 35.5. The van der Waals surface area contributed by atoms with Crippen molar-refractivity contribution in [3.63, 3.8) is 0 Å². The van der Waals surface area contributed by atoms with Crippen LogP contribution in [0.1, 0.15) is 46.0 Å². The van der Waals surface area contributed by atoms with E-state index in [2.05, 4.69) is 26.5 Å². The zero-order valence-corrected chi connectivity index (χ0v) is 19.1. The minimum atomic E-state index is -0.0267. The number of carbonyl (C=O) groups excluding carboxylic acids is 1. The molecule has 2 fully saturated rings. The van der Waals surface area contributed by atoms with Crippen molar-refractivity contribution in [2.45, 2.75) is 58.0 Å². The Hall–Kier alpha value is -1.17. The molecule has 2 N–H and O–H groups in total. The molecule has 1 saturated carbocycles. The molecule has 29 heavy (non-hydrogen) atoms. The van der Waals surface area contributed by atoms with Crippen LogP contribution in [-0.2, 0) is 0 Å². The normalized spacial score (nSPS) is 23.3. The number of carbonyl (C=O) groups is 1. The molecule has 0 spiro atoms. The summed E-state index contributed by atoms with van der Waals surface area (Å²) in [6.07, 6.45) is 5.87. The van der Waals surface area contributed by atoms with Crippen LogP contribution in [0.4, 0.5) is 10.5 Å². The number of nitrogens with zero attached hydrogens (tertiary/aromatic N) is 2. The minimum Gasteiger partial charge on any atom is -0.368 e. The van der Waals surface area contributed by atoms with E-state index in [9.17, 15) is 4.79 Å². The zero-order chi connectivity index (χ0) is 20.8. The van der Waals surface area contributed by atoms with Gasteiger partial charge in [-0.2, -0.15) is 0 Å². The van der Waals surface area contributed by atoms with Crippen molar-refractivity contribution >= 4 is 34.9 Å². The van der Waals surface area contributed by atoms with Crippen molar-refractivity contribution in [2.24, 2.45) is 5.92 Å². The Kier molecular flexibility index (Phi) is 8.34. The van der Waals surface area contributed by atoms with E-state index in [0.29, 0.717) is 16.1 Å². The number of nitrogens with one attached hydrogen (secondary N) is 2. The molecule has 1 aliphatic heterocycles. The van der Waals surface area contributed by atoms with E-state index in [-0.39, 0.29) is 12.1 Å². The van der Waals surface area contributed by atoms with Gasteiger partial charge in [0.25, 0.3) is 0 Å². The maximum Gasteiger partial charge on any atom is 0.315 e. The molecule has 2 aliphatic rings. The molecule has 0 aromatic heterocycles. The van der Waals surface area contributed by atoms with Gasteiger partial charge in [-0.05, 0) is 70.5 Å². The monoisotopic (exact) mass is 440 g/mol. The molecule has 0 bridgehead atoms. The lowest BCUT2D eigenvalue weighted by Crippen LogP contribution is -2.47. The smallest absolute Gasteiger partial charge is 0.315 e. The van der Waals surface area contributed by atoms with Crippen molar-refractivity contribution in [1.82, 2.24) is 15.5 Å². The summed E-state index contributed by atoms with van der Waals surface area (Å²) in [5, 5.41) is 7.32. The molecule has 0 atom stereocenters. The number of benzene rings is 1. The predicted octanol–water partition coefficient (Wildman–Crippen LogP) is 4.77. The lowest BCUT2D eigenvalue weighted by atomic mass is 9.84. The van der Waals surface area contributed by atoms with E-state index < -0.39 is 0 Å². The van der Waals surface area contributed by atoms with E-state index in [1.807, 2.05) is 26.0 Å². The summed E-state index contributed by atoms with van der Waals surface area (Å²) >= 11 is 12.5. The van der Waals surface area contributed by atoms with Crippen molar-refractivity contribution in [2.75, 3.05) is 37.6 Å². The van der Waals surface area contributed by atoms with E-state index >= 15 is 0 Å². The average Bonchev–Trinajstić information content (AvgIpc) is 2.69. The molecule has 5 nitrogen and oxygen atoms in total. The first kappa shape index (κ1) is 22.5. The molecule has 7 heteroatoms. The standard InChI is InChI=1S/C22H34Cl2N4O/c1-16(2)25-22(29)26-18-8-6-17(7-9-18)10-11-27-12-14-28(15-13-27)20-5-3-4-19(23)21(20)24/h3-5,16-18H,6-15H2,1-2H3,(H2,25,26,29)/t17-,18-. The molecule has 0 unspecified atom stereocenters. The Bertz CT molecular complexity index is 669. The molecular formula is C22H34Cl2N4O. The van der Waals surface area contributed by atoms with Gasteiger partial charge >= 0.3 is 6.03 Å². The SMILES string of the molecule is CC(C)NC(=O)N[C@H]1CC[C@H](CCN2CCN(c3cccc(Cl)c3Cl)CC2)CC1. The van der Waals surface area contributed by atoms with Crippen LogP contribution in [0.15, 0.2) is 18.2 Å². The molecule has 162 valence electrons. The Labute approximate surface area is 185 Å². The molecule has 2 amide bonds. The summed E-state index contributed by atoms with van der Waals surface area (Å²) in [6.45, 7) is 9.24. The fourth-order valence-electron chi connectivity index (χ4n) is 4.40. The molecule has 1 heterocycles. The fraction of sp³-hybridized carbons (Fsp3) is 0.682. The van der Waals surface area contributed by atoms with Crippen LogP contribution in [0.5, 0.6) is 0 Å². The molecule has 3 rings (SSSR count). The summed E-state index contributed by atoms with van der Waals surface area (Å²) in [5.41, 5.74) is 1.05. The third-order valence-electron chi connectivity index (χ3n) is 6.10. The Balaban J connectivity index is 1.34. The first-order valence-electron chi connectivity index (χ1n) is 10.9. The molecule has 1 aromatic rings. The van der Waals surface area contributed by atoms with Crippen molar-refractivity contribution in [3.05, 3.63) is 28.2 Å². The van der Waals surface area contributed by atoms with E-state index in [0.717, 1.165) is 57.2 Å².